The molecule has 8 heteroatoms. The first-order valence-corrected chi connectivity index (χ1v) is 23.0. The fraction of sp³-hybridized carbons (Fsp3) is 0.833. The zero-order valence-electron chi connectivity index (χ0n) is 27.7. The number of ether oxygens (including phenoxy) is 1. The van der Waals surface area contributed by atoms with Crippen LogP contribution in [0.25, 0.3) is 0 Å². The first kappa shape index (κ1) is 35.5. The van der Waals surface area contributed by atoms with E-state index in [1.165, 1.54) is 12.7 Å². The molecule has 1 aliphatic carbocycles. The lowest BCUT2D eigenvalue weighted by molar-refractivity contribution is -0.134. The predicted octanol–water partition coefficient (Wildman–Crippen LogP) is 9.00. The van der Waals surface area contributed by atoms with Crippen LogP contribution in [0.15, 0.2) is 23.3 Å². The Kier molecular flexibility index (Phi) is 11.7. The monoisotopic (exact) mass is 584 g/mol. The van der Waals surface area contributed by atoms with E-state index in [4.69, 9.17) is 18.0 Å². The van der Waals surface area contributed by atoms with Gasteiger partial charge in [0.1, 0.15) is 0 Å². The molecular formula is C30H60O5Si3. The minimum Gasteiger partial charge on any atom is -0.466 e. The Morgan fingerprint density at radius 2 is 1.16 bits per heavy atom. The standard InChI is InChI=1S/C30H60O5Si3/c1-28(2,3)36(11,12)33-19-17-18-24-25(34-37(13,14)29(4,5)6)20-23(22-27(31)32-10)21-26(24)35-38(15,16)30(7,8)9/h18,22,25-26H,17,19-21H2,1-16H3/t25-,26-/m1/s1. The summed E-state index contributed by atoms with van der Waals surface area (Å²) in [4.78, 5) is 12.3. The van der Waals surface area contributed by atoms with Crippen molar-refractivity contribution in [3.63, 3.8) is 0 Å². The summed E-state index contributed by atoms with van der Waals surface area (Å²) in [5.41, 5.74) is 2.26. The second-order valence-electron chi connectivity index (χ2n) is 15.6. The van der Waals surface area contributed by atoms with Crippen LogP contribution in [0, 0.1) is 0 Å². The van der Waals surface area contributed by atoms with Crippen LogP contribution in [0.2, 0.25) is 54.4 Å². The summed E-state index contributed by atoms with van der Waals surface area (Å²) in [6.07, 6.45) is 5.94. The van der Waals surface area contributed by atoms with Crippen LogP contribution in [0.1, 0.15) is 81.6 Å². The van der Waals surface area contributed by atoms with Gasteiger partial charge in [0.05, 0.1) is 19.3 Å². The van der Waals surface area contributed by atoms with Crippen molar-refractivity contribution < 1.29 is 22.8 Å². The van der Waals surface area contributed by atoms with Crippen LogP contribution in [-0.2, 0) is 22.8 Å². The Balaban J connectivity index is 3.50. The van der Waals surface area contributed by atoms with Crippen molar-refractivity contribution in [2.24, 2.45) is 0 Å². The molecule has 222 valence electrons. The van der Waals surface area contributed by atoms with E-state index in [0.717, 1.165) is 12.0 Å². The smallest absolute Gasteiger partial charge is 0.330 e. The lowest BCUT2D eigenvalue weighted by atomic mass is 9.85. The maximum atomic E-state index is 12.3. The van der Waals surface area contributed by atoms with Gasteiger partial charge in [0.15, 0.2) is 25.0 Å². The van der Waals surface area contributed by atoms with Crippen molar-refractivity contribution in [2.45, 2.75) is 148 Å². The predicted molar refractivity (Wildman–Crippen MR) is 169 cm³/mol. The number of esters is 1. The maximum Gasteiger partial charge on any atom is 0.330 e. The van der Waals surface area contributed by atoms with Gasteiger partial charge in [-0.3, -0.25) is 0 Å². The molecule has 0 N–H and O–H groups in total. The molecule has 1 aliphatic rings. The maximum absolute atomic E-state index is 12.3. The van der Waals surface area contributed by atoms with Crippen molar-refractivity contribution in [1.29, 1.82) is 0 Å². The van der Waals surface area contributed by atoms with Gasteiger partial charge in [-0.25, -0.2) is 4.79 Å². The Morgan fingerprint density at radius 1 is 0.763 bits per heavy atom. The summed E-state index contributed by atoms with van der Waals surface area (Å²) in [6, 6.07) is 0. The van der Waals surface area contributed by atoms with Crippen molar-refractivity contribution in [1.82, 2.24) is 0 Å². The highest BCUT2D eigenvalue weighted by Crippen LogP contribution is 2.45. The molecule has 38 heavy (non-hydrogen) atoms. The van der Waals surface area contributed by atoms with Crippen LogP contribution in [0.4, 0.5) is 0 Å². The molecule has 0 aromatic carbocycles. The SMILES string of the molecule is COC(=O)C=C1C[C@@H](O[Si](C)(C)C(C)(C)C)C(=CCCO[Si](C)(C)C(C)(C)C)[C@H](O[Si](C)(C)C(C)(C)C)C1. The van der Waals surface area contributed by atoms with Gasteiger partial charge in [-0.2, -0.15) is 0 Å². The fourth-order valence-corrected chi connectivity index (χ4v) is 7.28. The molecule has 1 saturated carbocycles. The summed E-state index contributed by atoms with van der Waals surface area (Å²) in [7, 11) is -4.57. The van der Waals surface area contributed by atoms with Crippen molar-refractivity contribution >= 4 is 30.9 Å². The van der Waals surface area contributed by atoms with Gasteiger partial charge in [0.25, 0.3) is 0 Å². The van der Waals surface area contributed by atoms with Gasteiger partial charge in [-0.05, 0) is 79.2 Å². The highest BCUT2D eigenvalue weighted by atomic mass is 28.4. The second kappa shape index (κ2) is 12.6. The molecule has 0 radical (unpaired) electrons. The first-order valence-electron chi connectivity index (χ1n) is 14.3. The van der Waals surface area contributed by atoms with Crippen LogP contribution >= 0.6 is 0 Å². The molecule has 0 amide bonds. The second-order valence-corrected chi connectivity index (χ2v) is 29.9. The average Bonchev–Trinajstić information content (AvgIpc) is 2.69. The van der Waals surface area contributed by atoms with E-state index in [2.05, 4.69) is 108 Å². The van der Waals surface area contributed by atoms with E-state index in [0.29, 0.717) is 19.4 Å². The van der Waals surface area contributed by atoms with Gasteiger partial charge in [0, 0.05) is 12.7 Å². The highest BCUT2D eigenvalue weighted by Gasteiger charge is 2.45. The van der Waals surface area contributed by atoms with Crippen LogP contribution < -0.4 is 0 Å². The summed E-state index contributed by atoms with van der Waals surface area (Å²) >= 11 is 0. The van der Waals surface area contributed by atoms with Crippen LogP contribution in [0.5, 0.6) is 0 Å². The van der Waals surface area contributed by atoms with Crippen LogP contribution in [-0.4, -0.2) is 56.8 Å². The Hall–Kier alpha value is -0.519. The minimum absolute atomic E-state index is 0.0724. The van der Waals surface area contributed by atoms with E-state index >= 15 is 0 Å². The Labute approximate surface area is 238 Å². The highest BCUT2D eigenvalue weighted by molar-refractivity contribution is 6.75. The Morgan fingerprint density at radius 3 is 1.50 bits per heavy atom. The van der Waals surface area contributed by atoms with E-state index in [-0.39, 0.29) is 33.3 Å². The largest absolute Gasteiger partial charge is 0.466 e. The van der Waals surface area contributed by atoms with Gasteiger partial charge >= 0.3 is 5.97 Å². The number of carbonyl (C=O) groups excluding carboxylic acids is 1. The third-order valence-electron chi connectivity index (χ3n) is 9.42. The molecular weight excluding hydrogens is 525 g/mol. The lowest BCUT2D eigenvalue weighted by Gasteiger charge is -2.46. The van der Waals surface area contributed by atoms with Crippen molar-refractivity contribution in [2.75, 3.05) is 13.7 Å². The third-order valence-corrected chi connectivity index (χ3v) is 22.9. The summed E-state index contributed by atoms with van der Waals surface area (Å²) in [5, 5.41) is 0.326. The molecule has 0 aromatic heterocycles. The molecule has 1 fully saturated rings. The number of rotatable bonds is 9. The molecule has 0 aromatic rings. The van der Waals surface area contributed by atoms with Gasteiger partial charge < -0.3 is 18.0 Å². The number of hydrogen-bond donors (Lipinski definition) is 0. The topological polar surface area (TPSA) is 54.0 Å². The number of hydrogen-bond acceptors (Lipinski definition) is 5. The van der Waals surface area contributed by atoms with Gasteiger partial charge in [0.2, 0.25) is 0 Å². The molecule has 0 saturated heterocycles. The minimum atomic E-state index is -2.09. The van der Waals surface area contributed by atoms with E-state index in [1.807, 2.05) is 0 Å². The zero-order chi connectivity index (χ0) is 30.0. The molecule has 0 spiro atoms. The molecule has 1 rings (SSSR count). The molecule has 2 atom stereocenters. The Bertz CT molecular complexity index is 826. The first-order chi connectivity index (χ1) is 16.8. The van der Waals surface area contributed by atoms with E-state index < -0.39 is 25.0 Å². The average molecular weight is 585 g/mol. The summed E-state index contributed by atoms with van der Waals surface area (Å²) in [6.45, 7) is 35.0. The van der Waals surface area contributed by atoms with Gasteiger partial charge in [-0.1, -0.05) is 74.0 Å². The molecule has 5 nitrogen and oxygen atoms in total. The molecule has 0 heterocycles. The van der Waals surface area contributed by atoms with Crippen molar-refractivity contribution in [3.05, 3.63) is 23.3 Å². The zero-order valence-corrected chi connectivity index (χ0v) is 30.7. The van der Waals surface area contributed by atoms with E-state index in [9.17, 15) is 4.79 Å². The fourth-order valence-electron chi connectivity index (χ4n) is 3.65. The molecule has 0 bridgehead atoms. The number of carbonyl (C=O) groups is 1. The van der Waals surface area contributed by atoms with Crippen LogP contribution in [0.3, 0.4) is 0 Å². The molecule has 0 unspecified atom stereocenters. The third kappa shape index (κ3) is 9.54. The normalized spacial score (nSPS) is 20.4. The van der Waals surface area contributed by atoms with Crippen molar-refractivity contribution in [3.8, 4) is 0 Å². The van der Waals surface area contributed by atoms with E-state index in [1.54, 1.807) is 6.08 Å². The lowest BCUT2D eigenvalue weighted by Crippen LogP contribution is -2.50. The molecule has 0 aliphatic heterocycles. The number of methoxy groups -OCH3 is 1. The quantitative estimate of drug-likeness (QED) is 0.0890. The van der Waals surface area contributed by atoms with Gasteiger partial charge in [-0.15, -0.1) is 0 Å². The summed E-state index contributed by atoms with van der Waals surface area (Å²) in [5.74, 6) is -0.313. The summed E-state index contributed by atoms with van der Waals surface area (Å²) < 4.78 is 25.6.